The predicted molar refractivity (Wildman–Crippen MR) is 85.6 cm³/mol. The number of rotatable bonds is 8. The first-order chi connectivity index (χ1) is 9.18. The third-order valence-corrected chi connectivity index (χ3v) is 6.80. The van der Waals surface area contributed by atoms with Crippen molar-refractivity contribution in [3.05, 3.63) is 12.7 Å². The third kappa shape index (κ3) is 3.05. The SMILES string of the molecule is C=CCC12CCCC1(SC(C)CCCCC)OCC2. The molecule has 0 aromatic rings. The van der Waals surface area contributed by atoms with Gasteiger partial charge in [-0.1, -0.05) is 39.2 Å². The van der Waals surface area contributed by atoms with Crippen molar-refractivity contribution in [3.63, 3.8) is 0 Å². The van der Waals surface area contributed by atoms with E-state index < -0.39 is 0 Å². The lowest BCUT2D eigenvalue weighted by Gasteiger charge is -2.40. The highest BCUT2D eigenvalue weighted by Crippen LogP contribution is 2.63. The van der Waals surface area contributed by atoms with Crippen molar-refractivity contribution >= 4 is 11.8 Å². The molecule has 0 spiro atoms. The van der Waals surface area contributed by atoms with Gasteiger partial charge in [0, 0.05) is 17.3 Å². The molecule has 1 nitrogen and oxygen atoms in total. The average Bonchev–Trinajstić information content (AvgIpc) is 2.84. The maximum atomic E-state index is 6.31. The summed E-state index contributed by atoms with van der Waals surface area (Å²) in [5.74, 6) is 0. The van der Waals surface area contributed by atoms with Gasteiger partial charge in [0.2, 0.25) is 0 Å². The molecule has 3 unspecified atom stereocenters. The second kappa shape index (κ2) is 6.67. The number of fused-ring (bicyclic) bond motifs is 1. The summed E-state index contributed by atoms with van der Waals surface area (Å²) in [7, 11) is 0. The molecular weight excluding hydrogens is 252 g/mol. The fraction of sp³-hybridized carbons (Fsp3) is 0.882. The minimum atomic E-state index is 0.118. The van der Waals surface area contributed by atoms with E-state index in [1.807, 2.05) is 0 Å². The number of thioether (sulfide) groups is 1. The lowest BCUT2D eigenvalue weighted by molar-refractivity contribution is 0.0382. The van der Waals surface area contributed by atoms with E-state index in [0.29, 0.717) is 5.41 Å². The van der Waals surface area contributed by atoms with Crippen LogP contribution in [0.15, 0.2) is 12.7 Å². The summed E-state index contributed by atoms with van der Waals surface area (Å²) in [4.78, 5) is 0.118. The van der Waals surface area contributed by atoms with Gasteiger partial charge in [-0.15, -0.1) is 18.3 Å². The zero-order valence-corrected chi connectivity index (χ0v) is 13.6. The van der Waals surface area contributed by atoms with Gasteiger partial charge in [0.05, 0.1) is 0 Å². The highest BCUT2D eigenvalue weighted by Gasteiger charge is 2.59. The maximum absolute atomic E-state index is 6.31. The normalized spacial score (nSPS) is 35.3. The van der Waals surface area contributed by atoms with Gasteiger partial charge in [-0.25, -0.2) is 0 Å². The summed E-state index contributed by atoms with van der Waals surface area (Å²) in [5.41, 5.74) is 0.401. The van der Waals surface area contributed by atoms with Crippen molar-refractivity contribution in [2.24, 2.45) is 5.41 Å². The minimum absolute atomic E-state index is 0.118. The van der Waals surface area contributed by atoms with Crippen LogP contribution in [0.2, 0.25) is 0 Å². The van der Waals surface area contributed by atoms with E-state index in [1.54, 1.807) is 0 Å². The average molecular weight is 282 g/mol. The van der Waals surface area contributed by atoms with E-state index in [-0.39, 0.29) is 4.93 Å². The first-order valence-corrected chi connectivity index (χ1v) is 8.99. The van der Waals surface area contributed by atoms with Crippen molar-refractivity contribution in [1.29, 1.82) is 0 Å². The molecule has 0 N–H and O–H groups in total. The van der Waals surface area contributed by atoms with Crippen LogP contribution in [0.4, 0.5) is 0 Å². The fourth-order valence-electron chi connectivity index (χ4n) is 3.99. The quantitative estimate of drug-likeness (QED) is 0.426. The molecule has 1 saturated carbocycles. The summed E-state index contributed by atoms with van der Waals surface area (Å²) in [6.07, 6.45) is 13.8. The Labute approximate surface area is 123 Å². The molecule has 2 aliphatic rings. The smallest absolute Gasteiger partial charge is 0.119 e. The monoisotopic (exact) mass is 282 g/mol. The summed E-state index contributed by atoms with van der Waals surface area (Å²) in [6.45, 7) is 9.62. The predicted octanol–water partition coefficient (Wildman–Crippen LogP) is 5.55. The Bertz CT molecular complexity index is 290. The van der Waals surface area contributed by atoms with E-state index in [0.717, 1.165) is 18.3 Å². The molecule has 2 heteroatoms. The Morgan fingerprint density at radius 1 is 1.32 bits per heavy atom. The molecule has 2 fully saturated rings. The first-order valence-electron chi connectivity index (χ1n) is 8.11. The van der Waals surface area contributed by atoms with E-state index in [4.69, 9.17) is 4.74 Å². The molecular formula is C17H30OS. The zero-order valence-electron chi connectivity index (χ0n) is 12.7. The Morgan fingerprint density at radius 3 is 2.89 bits per heavy atom. The summed E-state index contributed by atoms with van der Waals surface area (Å²) in [6, 6.07) is 0. The Hall–Kier alpha value is 0.0500. The first kappa shape index (κ1) is 15.4. The topological polar surface area (TPSA) is 9.23 Å². The van der Waals surface area contributed by atoms with E-state index >= 15 is 0 Å². The van der Waals surface area contributed by atoms with Crippen molar-refractivity contribution in [2.45, 2.75) is 81.8 Å². The van der Waals surface area contributed by atoms with E-state index in [2.05, 4.69) is 38.3 Å². The van der Waals surface area contributed by atoms with Crippen molar-refractivity contribution in [2.75, 3.05) is 6.61 Å². The Kier molecular flexibility index (Phi) is 5.42. The Balaban J connectivity index is 1.97. The van der Waals surface area contributed by atoms with Gasteiger partial charge in [-0.2, -0.15) is 0 Å². The van der Waals surface area contributed by atoms with Crippen LogP contribution in [-0.4, -0.2) is 16.8 Å². The second-order valence-corrected chi connectivity index (χ2v) is 8.10. The number of hydrogen-bond donors (Lipinski definition) is 0. The van der Waals surface area contributed by atoms with Gasteiger partial charge in [0.1, 0.15) is 4.93 Å². The summed E-state index contributed by atoms with van der Waals surface area (Å²) >= 11 is 2.14. The number of allylic oxidation sites excluding steroid dienone is 1. The molecule has 0 aromatic carbocycles. The lowest BCUT2D eigenvalue weighted by Crippen LogP contribution is -2.38. The van der Waals surface area contributed by atoms with Crippen LogP contribution in [0.25, 0.3) is 0 Å². The van der Waals surface area contributed by atoms with Crippen LogP contribution in [0.1, 0.15) is 71.6 Å². The minimum Gasteiger partial charge on any atom is -0.364 e. The molecule has 110 valence electrons. The summed E-state index contributed by atoms with van der Waals surface area (Å²) in [5, 5.41) is 0.729. The number of hydrogen-bond acceptors (Lipinski definition) is 2. The van der Waals surface area contributed by atoms with Crippen LogP contribution in [0, 0.1) is 5.41 Å². The van der Waals surface area contributed by atoms with Crippen molar-refractivity contribution in [3.8, 4) is 0 Å². The van der Waals surface area contributed by atoms with Crippen LogP contribution in [0.3, 0.4) is 0 Å². The highest BCUT2D eigenvalue weighted by molar-refractivity contribution is 8.01. The van der Waals surface area contributed by atoms with Crippen LogP contribution >= 0.6 is 11.8 Å². The van der Waals surface area contributed by atoms with Gasteiger partial charge in [0.15, 0.2) is 0 Å². The molecule has 1 saturated heterocycles. The van der Waals surface area contributed by atoms with Crippen LogP contribution in [-0.2, 0) is 4.74 Å². The molecule has 19 heavy (non-hydrogen) atoms. The molecule has 1 aliphatic carbocycles. The van der Waals surface area contributed by atoms with E-state index in [9.17, 15) is 0 Å². The molecule has 3 atom stereocenters. The largest absolute Gasteiger partial charge is 0.364 e. The summed E-state index contributed by atoms with van der Waals surface area (Å²) < 4.78 is 6.31. The maximum Gasteiger partial charge on any atom is 0.119 e. The van der Waals surface area contributed by atoms with Gasteiger partial charge in [-0.3, -0.25) is 0 Å². The number of ether oxygens (including phenoxy) is 1. The molecule has 1 aliphatic heterocycles. The molecule has 0 aromatic heterocycles. The molecule has 0 amide bonds. The highest BCUT2D eigenvalue weighted by atomic mass is 32.2. The molecule has 0 bridgehead atoms. The standard InChI is InChI=1S/C17H30OS/c1-4-6-7-9-15(3)19-17-12-8-11-16(17,10-5-2)13-14-18-17/h5,15H,2,4,6-14H2,1,3H3. The number of unbranched alkanes of at least 4 members (excludes halogenated alkanes) is 2. The van der Waals surface area contributed by atoms with Crippen LogP contribution < -0.4 is 0 Å². The van der Waals surface area contributed by atoms with E-state index in [1.165, 1.54) is 51.4 Å². The van der Waals surface area contributed by atoms with Crippen molar-refractivity contribution in [1.82, 2.24) is 0 Å². The fourth-order valence-corrected chi connectivity index (χ4v) is 5.87. The van der Waals surface area contributed by atoms with Gasteiger partial charge < -0.3 is 4.74 Å². The molecule has 2 rings (SSSR count). The van der Waals surface area contributed by atoms with Gasteiger partial charge in [-0.05, 0) is 38.5 Å². The molecule has 1 heterocycles. The lowest BCUT2D eigenvalue weighted by atomic mass is 9.79. The van der Waals surface area contributed by atoms with Crippen molar-refractivity contribution < 1.29 is 4.74 Å². The van der Waals surface area contributed by atoms with Gasteiger partial charge in [0.25, 0.3) is 0 Å². The molecule has 0 radical (unpaired) electrons. The Morgan fingerprint density at radius 2 is 2.16 bits per heavy atom. The third-order valence-electron chi connectivity index (χ3n) is 5.03. The van der Waals surface area contributed by atoms with Gasteiger partial charge >= 0.3 is 0 Å². The van der Waals surface area contributed by atoms with Crippen LogP contribution in [0.5, 0.6) is 0 Å². The second-order valence-electron chi connectivity index (χ2n) is 6.40. The zero-order chi connectivity index (χ0) is 13.8.